The topological polar surface area (TPSA) is 93.1 Å². The van der Waals surface area contributed by atoms with Crippen LogP contribution in [0.4, 0.5) is 0 Å². The molecule has 0 saturated heterocycles. The zero-order valence-corrected chi connectivity index (χ0v) is 20.2. The Morgan fingerprint density at radius 2 is 1.89 bits per heavy atom. The molecule has 0 amide bonds. The molecule has 4 aromatic rings. The molecule has 0 fully saturated rings. The van der Waals surface area contributed by atoms with Crippen molar-refractivity contribution in [3.63, 3.8) is 0 Å². The fourth-order valence-corrected chi connectivity index (χ4v) is 4.64. The summed E-state index contributed by atoms with van der Waals surface area (Å²) in [6, 6.07) is 16.3. The van der Waals surface area contributed by atoms with Crippen LogP contribution in [-0.2, 0) is 13.0 Å². The van der Waals surface area contributed by atoms with E-state index >= 15 is 0 Å². The van der Waals surface area contributed by atoms with E-state index in [9.17, 15) is 5.11 Å². The largest absolute Gasteiger partial charge is 0.390 e. The number of nitrogens with two attached hydrogens (primary N) is 1. The lowest BCUT2D eigenvalue weighted by Gasteiger charge is -2.23. The molecule has 4 heterocycles. The molecule has 0 saturated carbocycles. The van der Waals surface area contributed by atoms with Crippen molar-refractivity contribution >= 4 is 16.5 Å². The number of pyridine rings is 2. The number of likely N-dealkylation sites (N-methyl/N-ethyl adjacent to an activating group) is 1. The molecule has 1 aliphatic rings. The minimum atomic E-state index is -0.106. The average molecular weight is 469 g/mol. The van der Waals surface area contributed by atoms with Crippen LogP contribution in [0, 0.1) is 0 Å². The molecule has 0 atom stereocenters. The van der Waals surface area contributed by atoms with Gasteiger partial charge in [-0.15, -0.1) is 0 Å². The van der Waals surface area contributed by atoms with Crippen molar-refractivity contribution in [3.8, 4) is 17.1 Å². The lowest BCUT2D eigenvalue weighted by atomic mass is 9.94. The van der Waals surface area contributed by atoms with E-state index in [1.807, 2.05) is 29.1 Å². The van der Waals surface area contributed by atoms with E-state index in [4.69, 9.17) is 15.8 Å². The molecule has 0 bridgehead atoms. The van der Waals surface area contributed by atoms with Crippen molar-refractivity contribution in [2.24, 2.45) is 5.73 Å². The minimum absolute atomic E-state index is 0.106. The van der Waals surface area contributed by atoms with Gasteiger partial charge in [0, 0.05) is 29.7 Å². The lowest BCUT2D eigenvalue weighted by Crippen LogP contribution is -2.23. The Morgan fingerprint density at radius 3 is 2.69 bits per heavy atom. The van der Waals surface area contributed by atoms with Gasteiger partial charge in [-0.05, 0) is 86.8 Å². The third-order valence-corrected chi connectivity index (χ3v) is 6.61. The maximum absolute atomic E-state index is 9.59. The van der Waals surface area contributed by atoms with Crippen LogP contribution < -0.4 is 5.73 Å². The summed E-state index contributed by atoms with van der Waals surface area (Å²) >= 11 is 0. The van der Waals surface area contributed by atoms with Crippen LogP contribution in [0.25, 0.3) is 33.6 Å². The Kier molecular flexibility index (Phi) is 6.99. The highest BCUT2D eigenvalue weighted by Crippen LogP contribution is 2.34. The smallest absolute Gasteiger partial charge is 0.154 e. The number of benzene rings is 1. The molecule has 5 rings (SSSR count). The average Bonchev–Trinajstić information content (AvgIpc) is 3.33. The Hall–Kier alpha value is -3.39. The van der Waals surface area contributed by atoms with Crippen LogP contribution in [-0.4, -0.2) is 56.4 Å². The summed E-state index contributed by atoms with van der Waals surface area (Å²) in [4.78, 5) is 11.9. The number of aryl methyl sites for hydroxylation is 1. The molecular weight excluding hydrogens is 436 g/mol. The van der Waals surface area contributed by atoms with Gasteiger partial charge in [0.2, 0.25) is 0 Å². The van der Waals surface area contributed by atoms with Crippen molar-refractivity contribution < 1.29 is 5.11 Å². The normalized spacial score (nSPS) is 14.4. The number of rotatable bonds is 8. The van der Waals surface area contributed by atoms with Gasteiger partial charge in [0.05, 0.1) is 29.7 Å². The molecule has 7 nitrogen and oxygen atoms in total. The number of hydrogen-bond acceptors (Lipinski definition) is 6. The highest BCUT2D eigenvalue weighted by molar-refractivity contribution is 5.96. The van der Waals surface area contributed by atoms with E-state index in [1.54, 1.807) is 0 Å². The van der Waals surface area contributed by atoms with E-state index in [2.05, 4.69) is 53.3 Å². The standard InChI is InChI=1S/C28H32N6O/c1-33-14-11-20(12-15-33)24-16-21(26-9-4-7-22(31-26)6-2-3-13-29)17-27-25(24)18-30-34(27)28-10-5-8-23(19-35)32-28/h4-5,7-11,16-18,35H,2-3,6,12-15,19,29H2,1H3. The molecule has 3 aromatic heterocycles. The van der Waals surface area contributed by atoms with E-state index in [-0.39, 0.29) is 6.61 Å². The number of nitrogens with zero attached hydrogens (tertiary/aromatic N) is 5. The first-order valence-corrected chi connectivity index (χ1v) is 12.3. The predicted molar refractivity (Wildman–Crippen MR) is 140 cm³/mol. The van der Waals surface area contributed by atoms with Crippen molar-refractivity contribution in [1.29, 1.82) is 0 Å². The fourth-order valence-electron chi connectivity index (χ4n) is 4.64. The Bertz CT molecular complexity index is 1360. The second-order valence-corrected chi connectivity index (χ2v) is 9.16. The van der Waals surface area contributed by atoms with Crippen LogP contribution in [0.3, 0.4) is 0 Å². The first-order valence-electron chi connectivity index (χ1n) is 12.3. The quantitative estimate of drug-likeness (QED) is 0.380. The Balaban J connectivity index is 1.65. The summed E-state index contributed by atoms with van der Waals surface area (Å²) in [6.45, 7) is 2.56. The van der Waals surface area contributed by atoms with Gasteiger partial charge in [-0.2, -0.15) is 5.10 Å². The summed E-state index contributed by atoms with van der Waals surface area (Å²) < 4.78 is 1.86. The van der Waals surface area contributed by atoms with Crippen molar-refractivity contribution in [1.82, 2.24) is 24.6 Å². The van der Waals surface area contributed by atoms with Crippen LogP contribution >= 0.6 is 0 Å². The second-order valence-electron chi connectivity index (χ2n) is 9.16. The van der Waals surface area contributed by atoms with Crippen LogP contribution in [0.5, 0.6) is 0 Å². The van der Waals surface area contributed by atoms with Gasteiger partial charge in [-0.25, -0.2) is 9.67 Å². The summed E-state index contributed by atoms with van der Waals surface area (Å²) in [5, 5.41) is 15.4. The van der Waals surface area contributed by atoms with Crippen molar-refractivity contribution in [2.75, 3.05) is 26.7 Å². The molecular formula is C28H32N6O. The number of unbranched alkanes of at least 4 members (excludes halogenated alkanes) is 1. The van der Waals surface area contributed by atoms with E-state index in [0.29, 0.717) is 18.1 Å². The van der Waals surface area contributed by atoms with E-state index < -0.39 is 0 Å². The van der Waals surface area contributed by atoms with Crippen molar-refractivity contribution in [3.05, 3.63) is 77.8 Å². The number of aliphatic hydroxyl groups excluding tert-OH is 1. The van der Waals surface area contributed by atoms with Gasteiger partial charge in [-0.3, -0.25) is 4.98 Å². The van der Waals surface area contributed by atoms with Gasteiger partial charge in [0.1, 0.15) is 0 Å². The predicted octanol–water partition coefficient (Wildman–Crippen LogP) is 3.98. The van der Waals surface area contributed by atoms with Gasteiger partial charge in [-0.1, -0.05) is 18.2 Å². The summed E-state index contributed by atoms with van der Waals surface area (Å²) in [6.07, 6.45) is 8.21. The molecule has 180 valence electrons. The fraction of sp³-hybridized carbons (Fsp3) is 0.321. The molecule has 0 unspecified atom stereocenters. The maximum Gasteiger partial charge on any atom is 0.154 e. The molecule has 35 heavy (non-hydrogen) atoms. The SMILES string of the molecule is CN1CC=C(c2cc(-c3cccc(CCCCN)n3)cc3c2cnn3-c2cccc(CO)n2)CC1. The molecule has 7 heteroatoms. The molecule has 1 aromatic carbocycles. The van der Waals surface area contributed by atoms with Gasteiger partial charge in [0.25, 0.3) is 0 Å². The first kappa shape index (κ1) is 23.4. The Labute approximate surface area is 205 Å². The molecule has 0 spiro atoms. The van der Waals surface area contributed by atoms with Crippen LogP contribution in [0.15, 0.2) is 60.8 Å². The highest BCUT2D eigenvalue weighted by Gasteiger charge is 2.18. The number of aromatic nitrogens is 4. The summed E-state index contributed by atoms with van der Waals surface area (Å²) in [5.41, 5.74) is 12.9. The molecule has 0 aliphatic carbocycles. The third kappa shape index (κ3) is 5.03. The highest BCUT2D eigenvalue weighted by atomic mass is 16.3. The van der Waals surface area contributed by atoms with Gasteiger partial charge >= 0.3 is 0 Å². The lowest BCUT2D eigenvalue weighted by molar-refractivity contribution is 0.276. The minimum Gasteiger partial charge on any atom is -0.390 e. The zero-order chi connectivity index (χ0) is 24.2. The van der Waals surface area contributed by atoms with Gasteiger partial charge < -0.3 is 15.7 Å². The molecule has 0 radical (unpaired) electrons. The van der Waals surface area contributed by atoms with Gasteiger partial charge in [0.15, 0.2) is 5.82 Å². The molecule has 3 N–H and O–H groups in total. The van der Waals surface area contributed by atoms with E-state index in [1.165, 1.54) is 11.1 Å². The number of aliphatic hydroxyl groups is 1. The third-order valence-electron chi connectivity index (χ3n) is 6.61. The van der Waals surface area contributed by atoms with E-state index in [0.717, 1.165) is 66.6 Å². The second kappa shape index (κ2) is 10.5. The van der Waals surface area contributed by atoms with Crippen molar-refractivity contribution in [2.45, 2.75) is 32.3 Å². The number of fused-ring (bicyclic) bond motifs is 1. The zero-order valence-electron chi connectivity index (χ0n) is 20.2. The first-order chi connectivity index (χ1) is 17.2. The maximum atomic E-state index is 9.59. The Morgan fingerprint density at radius 1 is 1.03 bits per heavy atom. The monoisotopic (exact) mass is 468 g/mol. The van der Waals surface area contributed by atoms with Crippen LogP contribution in [0.1, 0.15) is 36.2 Å². The van der Waals surface area contributed by atoms with Crippen LogP contribution in [0.2, 0.25) is 0 Å². The number of hydrogen-bond donors (Lipinski definition) is 2. The molecule has 1 aliphatic heterocycles. The summed E-state index contributed by atoms with van der Waals surface area (Å²) in [7, 11) is 2.15. The summed E-state index contributed by atoms with van der Waals surface area (Å²) in [5.74, 6) is 0.690.